The Morgan fingerprint density at radius 1 is 0.674 bits per heavy atom. The van der Waals surface area contributed by atoms with E-state index in [-0.39, 0.29) is 25.5 Å². The van der Waals surface area contributed by atoms with E-state index < -0.39 is 0 Å². The van der Waals surface area contributed by atoms with E-state index in [4.69, 9.17) is 9.40 Å². The van der Waals surface area contributed by atoms with Gasteiger partial charge in [0.1, 0.15) is 5.58 Å². The van der Waals surface area contributed by atoms with Crippen LogP contribution < -0.4 is 0 Å². The number of benzene rings is 5. The van der Waals surface area contributed by atoms with Crippen molar-refractivity contribution in [2.45, 2.75) is 34.1 Å². The molecule has 8 aromatic rings. The molecule has 0 fully saturated rings. The summed E-state index contributed by atoms with van der Waals surface area (Å²) in [5, 5.41) is 7.16. The largest absolute Gasteiger partial charge is 0.501 e. The van der Waals surface area contributed by atoms with Gasteiger partial charge in [-0.2, -0.15) is 0 Å². The number of fused-ring (bicyclic) bond motifs is 6. The summed E-state index contributed by atoms with van der Waals surface area (Å²) in [6, 6.07) is 43.9. The van der Waals surface area contributed by atoms with Gasteiger partial charge in [-0.1, -0.05) is 91.9 Å². The summed E-state index contributed by atoms with van der Waals surface area (Å²) in [6.45, 7) is 8.95. The molecule has 0 aliphatic carbocycles. The van der Waals surface area contributed by atoms with Crippen LogP contribution in [0.15, 0.2) is 126 Å². The second-order valence-electron chi connectivity index (χ2n) is 12.8. The van der Waals surface area contributed by atoms with E-state index in [9.17, 15) is 0 Å². The van der Waals surface area contributed by atoms with Crippen molar-refractivity contribution in [3.63, 3.8) is 0 Å². The molecule has 0 aliphatic rings. The second-order valence-corrected chi connectivity index (χ2v) is 12.8. The molecule has 0 aliphatic heterocycles. The maximum absolute atomic E-state index is 6.49. The number of rotatable bonds is 3. The molecule has 0 N–H and O–H groups in total. The Bertz CT molecular complexity index is 2250. The summed E-state index contributed by atoms with van der Waals surface area (Å²) in [4.78, 5) is 8.98. The van der Waals surface area contributed by atoms with Gasteiger partial charge in [-0.25, -0.2) is 0 Å². The van der Waals surface area contributed by atoms with Gasteiger partial charge >= 0.3 is 0 Å². The average Bonchev–Trinajstić information content (AvgIpc) is 3.43. The minimum absolute atomic E-state index is 0. The average molecular weight is 775 g/mol. The monoisotopic (exact) mass is 775 g/mol. The van der Waals surface area contributed by atoms with E-state index in [0.717, 1.165) is 50.9 Å². The van der Waals surface area contributed by atoms with E-state index in [1.54, 1.807) is 6.20 Å². The van der Waals surface area contributed by atoms with Crippen molar-refractivity contribution >= 4 is 43.5 Å². The third-order valence-corrected chi connectivity index (χ3v) is 8.14. The minimum atomic E-state index is 0. The normalized spacial score (nSPS) is 11.4. The Morgan fingerprint density at radius 2 is 1.48 bits per heavy atom. The zero-order valence-corrected chi connectivity index (χ0v) is 28.8. The first-order valence-corrected chi connectivity index (χ1v) is 15.4. The van der Waals surface area contributed by atoms with Gasteiger partial charge in [-0.3, -0.25) is 0 Å². The van der Waals surface area contributed by atoms with Crippen molar-refractivity contribution in [3.8, 4) is 22.5 Å². The minimum Gasteiger partial charge on any atom is -0.501 e. The summed E-state index contributed by atoms with van der Waals surface area (Å²) in [5.41, 5.74) is 8.36. The van der Waals surface area contributed by atoms with Gasteiger partial charge in [0.25, 0.3) is 0 Å². The van der Waals surface area contributed by atoms with Gasteiger partial charge in [0.2, 0.25) is 0 Å². The molecule has 0 bridgehead atoms. The Hall–Kier alpha value is -4.63. The number of aryl methyl sites for hydroxylation is 1. The second kappa shape index (κ2) is 13.0. The third-order valence-electron chi connectivity index (χ3n) is 8.14. The quantitative estimate of drug-likeness (QED) is 0.133. The Kier molecular flexibility index (Phi) is 8.86. The summed E-state index contributed by atoms with van der Waals surface area (Å²) in [6.07, 6.45) is 4.77. The summed E-state index contributed by atoms with van der Waals surface area (Å²) in [5.74, 6) is 0. The van der Waals surface area contributed by atoms with Crippen LogP contribution in [0.4, 0.5) is 0 Å². The molecular formula is C42H34IrN2O-2. The van der Waals surface area contributed by atoms with Crippen molar-refractivity contribution in [1.82, 2.24) is 9.97 Å². The molecule has 0 saturated carbocycles. The number of hydrogen-bond acceptors (Lipinski definition) is 3. The van der Waals surface area contributed by atoms with Crippen LogP contribution >= 0.6 is 0 Å². The molecule has 8 rings (SSSR count). The zero-order chi connectivity index (χ0) is 31.0. The molecule has 5 aromatic carbocycles. The van der Waals surface area contributed by atoms with E-state index in [1.807, 2.05) is 54.7 Å². The van der Waals surface area contributed by atoms with Crippen molar-refractivity contribution in [2.24, 2.45) is 5.41 Å². The predicted octanol–water partition coefficient (Wildman–Crippen LogP) is 11.2. The van der Waals surface area contributed by atoms with Crippen LogP contribution in [0.1, 0.15) is 31.9 Å². The summed E-state index contributed by atoms with van der Waals surface area (Å²) >= 11 is 0. The zero-order valence-electron chi connectivity index (χ0n) is 26.4. The molecule has 46 heavy (non-hydrogen) atoms. The standard InChI is InChI=1S/C31H26NO.C11H8N.Ir/c1-19-18-32-28(15-22(19)17-31(2,3)4)25-11-7-10-24-27-14-21-13-12-20-8-5-6-9-23(20)26(21)16-29(27)33-30(24)25;1-2-6-10(7-3-1)11-8-4-5-9-12-11;/h5-10,12-16,18H,17H2,1-4H3;1-6,8-9H;/q2*-1;. The first kappa shape index (κ1) is 31.4. The molecule has 0 unspecified atom stereocenters. The Labute approximate surface area is 283 Å². The molecule has 229 valence electrons. The van der Waals surface area contributed by atoms with Gasteiger partial charge in [0.05, 0.1) is 5.58 Å². The van der Waals surface area contributed by atoms with Crippen molar-refractivity contribution in [2.75, 3.05) is 0 Å². The Balaban J connectivity index is 0.000000241. The molecule has 3 aromatic heterocycles. The fourth-order valence-corrected chi connectivity index (χ4v) is 5.97. The van der Waals surface area contributed by atoms with Gasteiger partial charge in [-0.05, 0) is 75.5 Å². The summed E-state index contributed by atoms with van der Waals surface area (Å²) in [7, 11) is 0. The van der Waals surface area contributed by atoms with Gasteiger partial charge in [0.15, 0.2) is 0 Å². The van der Waals surface area contributed by atoms with E-state index in [1.165, 1.54) is 32.7 Å². The molecule has 3 heterocycles. The molecule has 4 heteroatoms. The van der Waals surface area contributed by atoms with E-state index in [2.05, 4.69) is 105 Å². The first-order valence-electron chi connectivity index (χ1n) is 15.4. The molecule has 1 radical (unpaired) electrons. The fraction of sp³-hybridized carbons (Fsp3) is 0.143. The van der Waals surface area contributed by atoms with Crippen LogP contribution in [0, 0.1) is 24.5 Å². The molecule has 0 amide bonds. The van der Waals surface area contributed by atoms with Crippen LogP contribution in [0.3, 0.4) is 0 Å². The van der Waals surface area contributed by atoms with Crippen molar-refractivity contribution in [3.05, 3.63) is 145 Å². The number of aromatic nitrogens is 2. The van der Waals surface area contributed by atoms with Crippen LogP contribution in [0.2, 0.25) is 0 Å². The van der Waals surface area contributed by atoms with Crippen LogP contribution in [-0.4, -0.2) is 9.97 Å². The summed E-state index contributed by atoms with van der Waals surface area (Å²) < 4.78 is 6.49. The molecule has 0 spiro atoms. The maximum Gasteiger partial charge on any atom is 0.121 e. The predicted molar refractivity (Wildman–Crippen MR) is 187 cm³/mol. The van der Waals surface area contributed by atoms with Crippen molar-refractivity contribution in [1.29, 1.82) is 0 Å². The molecule has 0 saturated heterocycles. The van der Waals surface area contributed by atoms with Gasteiger partial charge < -0.3 is 14.4 Å². The number of nitrogens with zero attached hydrogens (tertiary/aromatic N) is 2. The topological polar surface area (TPSA) is 38.9 Å². The number of furan rings is 1. The van der Waals surface area contributed by atoms with Crippen LogP contribution in [0.5, 0.6) is 0 Å². The maximum atomic E-state index is 6.49. The SMILES string of the molecule is Cc1cnc(-c2[c-]ccc3c2oc2cc4c(ccc5ccccc54)cc23)cc1CC(C)(C)C.[Ir].[c-]1ccccc1-c1ccccn1. The third kappa shape index (κ3) is 6.37. The fourth-order valence-electron chi connectivity index (χ4n) is 5.97. The van der Waals surface area contributed by atoms with Crippen LogP contribution in [0.25, 0.3) is 66.0 Å². The molecular weight excluding hydrogens is 741 g/mol. The smallest absolute Gasteiger partial charge is 0.121 e. The van der Waals surface area contributed by atoms with Crippen LogP contribution in [-0.2, 0) is 26.5 Å². The van der Waals surface area contributed by atoms with Gasteiger partial charge in [0, 0.05) is 37.9 Å². The number of hydrogen-bond donors (Lipinski definition) is 0. The molecule has 3 nitrogen and oxygen atoms in total. The van der Waals surface area contributed by atoms with E-state index in [0.29, 0.717) is 0 Å². The first-order chi connectivity index (χ1) is 21.8. The van der Waals surface area contributed by atoms with E-state index >= 15 is 0 Å². The van der Waals surface area contributed by atoms with Gasteiger partial charge in [-0.15, -0.1) is 54.1 Å². The Morgan fingerprint density at radius 3 is 2.26 bits per heavy atom. The molecule has 0 atom stereocenters. The number of pyridine rings is 2. The van der Waals surface area contributed by atoms with Crippen molar-refractivity contribution < 1.29 is 24.5 Å².